The first-order valence-corrected chi connectivity index (χ1v) is 7.89. The summed E-state index contributed by atoms with van der Waals surface area (Å²) in [7, 11) is 0. The highest BCUT2D eigenvalue weighted by molar-refractivity contribution is 5.94. The average Bonchev–Trinajstić information content (AvgIpc) is 2.72. The number of rotatable bonds is 1. The number of fused-ring (bicyclic) bond motifs is 2. The molecule has 1 aromatic rings. The summed E-state index contributed by atoms with van der Waals surface area (Å²) in [4.78, 5) is 7.38. The van der Waals surface area contributed by atoms with E-state index in [4.69, 9.17) is 4.99 Å². The lowest BCUT2D eigenvalue weighted by molar-refractivity contribution is 0.486. The molecule has 0 aromatic heterocycles. The normalized spacial score (nSPS) is 21.2. The maximum Gasteiger partial charge on any atom is 0.104 e. The van der Waals surface area contributed by atoms with Gasteiger partial charge in [0.25, 0.3) is 0 Å². The maximum absolute atomic E-state index is 4.90. The Balaban J connectivity index is 1.91. The predicted octanol–water partition coefficient (Wildman–Crippen LogP) is 4.18. The molecule has 3 aliphatic rings. The van der Waals surface area contributed by atoms with E-state index in [2.05, 4.69) is 53.5 Å². The molecule has 1 saturated heterocycles. The molecule has 0 saturated carbocycles. The maximum atomic E-state index is 4.90. The summed E-state index contributed by atoms with van der Waals surface area (Å²) in [5.74, 6) is 1.28. The van der Waals surface area contributed by atoms with Crippen molar-refractivity contribution in [3.63, 3.8) is 0 Å². The fraction of sp³-hybridized carbons (Fsp3) is 0.316. The standard InChI is InChI=1S/C19H20N2/c1-2-8-15(9-3-1)19-17-11-5-4-10-16(17)14-20-18-12-6-7-13-21(18)19/h1-5,8-10H,6-7,11-14H2. The smallest absolute Gasteiger partial charge is 0.104 e. The Hall–Kier alpha value is -2.09. The zero-order valence-corrected chi connectivity index (χ0v) is 12.3. The van der Waals surface area contributed by atoms with Crippen LogP contribution in [0.25, 0.3) is 5.70 Å². The quantitative estimate of drug-likeness (QED) is 0.751. The molecule has 1 aliphatic carbocycles. The summed E-state index contributed by atoms with van der Waals surface area (Å²) in [6, 6.07) is 10.8. The van der Waals surface area contributed by atoms with Gasteiger partial charge in [0.1, 0.15) is 5.84 Å². The van der Waals surface area contributed by atoms with Crippen molar-refractivity contribution < 1.29 is 0 Å². The fourth-order valence-corrected chi connectivity index (χ4v) is 3.49. The number of amidine groups is 1. The molecule has 1 aromatic carbocycles. The molecule has 106 valence electrons. The molecule has 2 nitrogen and oxygen atoms in total. The van der Waals surface area contributed by atoms with Gasteiger partial charge in [-0.15, -0.1) is 0 Å². The topological polar surface area (TPSA) is 15.6 Å². The van der Waals surface area contributed by atoms with Gasteiger partial charge in [-0.25, -0.2) is 0 Å². The molecular weight excluding hydrogens is 256 g/mol. The number of allylic oxidation sites excluding steroid dienone is 3. The van der Waals surface area contributed by atoms with E-state index in [9.17, 15) is 0 Å². The van der Waals surface area contributed by atoms with Gasteiger partial charge in [-0.3, -0.25) is 4.99 Å². The molecule has 0 amide bonds. The molecule has 2 aliphatic heterocycles. The van der Waals surface area contributed by atoms with Crippen LogP contribution in [0.3, 0.4) is 0 Å². The Labute approximate surface area is 126 Å². The van der Waals surface area contributed by atoms with Gasteiger partial charge >= 0.3 is 0 Å². The van der Waals surface area contributed by atoms with Crippen molar-refractivity contribution in [3.05, 3.63) is 65.3 Å². The number of nitrogens with zero attached hydrogens (tertiary/aromatic N) is 2. The minimum Gasteiger partial charge on any atom is -0.329 e. The van der Waals surface area contributed by atoms with Crippen molar-refractivity contribution >= 4 is 11.5 Å². The third-order valence-electron chi connectivity index (χ3n) is 4.52. The van der Waals surface area contributed by atoms with Gasteiger partial charge in [0.2, 0.25) is 0 Å². The van der Waals surface area contributed by atoms with Crippen LogP contribution in [-0.4, -0.2) is 23.8 Å². The van der Waals surface area contributed by atoms with Crippen molar-refractivity contribution in [3.8, 4) is 0 Å². The second kappa shape index (κ2) is 5.36. The molecule has 0 radical (unpaired) electrons. The molecular formula is C19H20N2. The molecule has 21 heavy (non-hydrogen) atoms. The van der Waals surface area contributed by atoms with E-state index in [0.29, 0.717) is 0 Å². The molecule has 0 N–H and O–H groups in total. The van der Waals surface area contributed by atoms with E-state index in [1.807, 2.05) is 0 Å². The van der Waals surface area contributed by atoms with Crippen LogP contribution < -0.4 is 0 Å². The number of hydrogen-bond donors (Lipinski definition) is 0. The van der Waals surface area contributed by atoms with Crippen LogP contribution >= 0.6 is 0 Å². The van der Waals surface area contributed by atoms with Crippen LogP contribution in [0.2, 0.25) is 0 Å². The Morgan fingerprint density at radius 1 is 1.05 bits per heavy atom. The molecule has 4 rings (SSSR count). The summed E-state index contributed by atoms with van der Waals surface area (Å²) < 4.78 is 0. The molecule has 2 heteroatoms. The van der Waals surface area contributed by atoms with Crippen molar-refractivity contribution in [2.45, 2.75) is 25.7 Å². The largest absolute Gasteiger partial charge is 0.329 e. The van der Waals surface area contributed by atoms with Crippen LogP contribution in [0, 0.1) is 0 Å². The summed E-state index contributed by atoms with van der Waals surface area (Å²) in [6.07, 6.45) is 11.3. The van der Waals surface area contributed by atoms with E-state index >= 15 is 0 Å². The lowest BCUT2D eigenvalue weighted by Gasteiger charge is -2.33. The Kier molecular flexibility index (Phi) is 3.23. The van der Waals surface area contributed by atoms with Crippen molar-refractivity contribution in [2.24, 2.45) is 4.99 Å². The Morgan fingerprint density at radius 3 is 2.86 bits per heavy atom. The summed E-state index contributed by atoms with van der Waals surface area (Å²) in [6.45, 7) is 1.94. The van der Waals surface area contributed by atoms with E-state index in [-0.39, 0.29) is 0 Å². The minimum absolute atomic E-state index is 0.835. The van der Waals surface area contributed by atoms with Gasteiger partial charge in [-0.2, -0.15) is 0 Å². The summed E-state index contributed by atoms with van der Waals surface area (Å²) >= 11 is 0. The van der Waals surface area contributed by atoms with E-state index in [0.717, 1.165) is 25.9 Å². The van der Waals surface area contributed by atoms with Gasteiger partial charge in [0.15, 0.2) is 0 Å². The van der Waals surface area contributed by atoms with Crippen LogP contribution in [0.1, 0.15) is 31.2 Å². The first-order chi connectivity index (χ1) is 10.4. The monoisotopic (exact) mass is 276 g/mol. The highest BCUT2D eigenvalue weighted by atomic mass is 15.2. The fourth-order valence-electron chi connectivity index (χ4n) is 3.49. The average molecular weight is 276 g/mol. The third kappa shape index (κ3) is 2.25. The van der Waals surface area contributed by atoms with Crippen molar-refractivity contribution in [2.75, 3.05) is 13.1 Å². The van der Waals surface area contributed by atoms with E-state index < -0.39 is 0 Å². The van der Waals surface area contributed by atoms with Crippen LogP contribution in [0.4, 0.5) is 0 Å². The number of hydrogen-bond acceptors (Lipinski definition) is 2. The minimum atomic E-state index is 0.835. The predicted molar refractivity (Wildman–Crippen MR) is 88.1 cm³/mol. The van der Waals surface area contributed by atoms with Crippen molar-refractivity contribution in [1.82, 2.24) is 4.90 Å². The summed E-state index contributed by atoms with van der Waals surface area (Å²) in [5, 5.41) is 0. The number of benzene rings is 1. The lowest BCUT2D eigenvalue weighted by atomic mass is 9.92. The lowest BCUT2D eigenvalue weighted by Crippen LogP contribution is -2.34. The highest BCUT2D eigenvalue weighted by Gasteiger charge is 2.27. The van der Waals surface area contributed by atoms with Crippen LogP contribution in [0.15, 0.2) is 64.7 Å². The number of aliphatic imine (C=N–C) groups is 1. The van der Waals surface area contributed by atoms with Gasteiger partial charge in [0.05, 0.1) is 12.2 Å². The molecule has 0 bridgehead atoms. The third-order valence-corrected chi connectivity index (χ3v) is 4.52. The molecule has 0 atom stereocenters. The highest BCUT2D eigenvalue weighted by Crippen LogP contribution is 2.36. The summed E-state index contributed by atoms with van der Waals surface area (Å²) in [5.41, 5.74) is 5.56. The molecule has 2 heterocycles. The Morgan fingerprint density at radius 2 is 1.95 bits per heavy atom. The van der Waals surface area contributed by atoms with Crippen LogP contribution in [-0.2, 0) is 0 Å². The number of piperidine rings is 1. The Bertz CT molecular complexity index is 662. The van der Waals surface area contributed by atoms with Gasteiger partial charge in [-0.05, 0) is 36.0 Å². The van der Waals surface area contributed by atoms with Crippen molar-refractivity contribution in [1.29, 1.82) is 0 Å². The molecule has 0 spiro atoms. The van der Waals surface area contributed by atoms with Gasteiger partial charge in [0, 0.05) is 13.0 Å². The first-order valence-electron chi connectivity index (χ1n) is 7.89. The van der Waals surface area contributed by atoms with Gasteiger partial charge in [-0.1, -0.05) is 48.6 Å². The second-order valence-electron chi connectivity index (χ2n) is 5.86. The van der Waals surface area contributed by atoms with Crippen LogP contribution in [0.5, 0.6) is 0 Å². The first kappa shape index (κ1) is 12.6. The molecule has 0 unspecified atom stereocenters. The zero-order valence-electron chi connectivity index (χ0n) is 12.3. The SMILES string of the molecule is C1=CCC2=C(c3ccccc3)N3CCCCC3=NCC2=C1. The second-order valence-corrected chi connectivity index (χ2v) is 5.86. The van der Waals surface area contributed by atoms with Gasteiger partial charge < -0.3 is 4.90 Å². The van der Waals surface area contributed by atoms with E-state index in [1.165, 1.54) is 41.1 Å². The molecule has 1 fully saturated rings. The van der Waals surface area contributed by atoms with E-state index in [1.54, 1.807) is 0 Å². The zero-order chi connectivity index (χ0) is 14.1.